The first-order chi connectivity index (χ1) is 7.59. The van der Waals surface area contributed by atoms with Gasteiger partial charge < -0.3 is 4.98 Å². The lowest BCUT2D eigenvalue weighted by molar-refractivity contribution is 0.630. The molecule has 16 heavy (non-hydrogen) atoms. The van der Waals surface area contributed by atoms with Crippen LogP contribution in [-0.2, 0) is 0 Å². The Bertz CT molecular complexity index is 505. The van der Waals surface area contributed by atoms with E-state index in [1.807, 2.05) is 13.8 Å². The van der Waals surface area contributed by atoms with E-state index < -0.39 is 0 Å². The van der Waals surface area contributed by atoms with Gasteiger partial charge >= 0.3 is 0 Å². The molecular weight excluding hydrogens is 227 g/mol. The van der Waals surface area contributed by atoms with E-state index in [1.165, 1.54) is 6.07 Å². The van der Waals surface area contributed by atoms with Crippen molar-refractivity contribution in [2.24, 2.45) is 0 Å². The molecule has 0 fully saturated rings. The second-order valence-electron chi connectivity index (χ2n) is 3.92. The third-order valence-corrected chi connectivity index (χ3v) is 2.59. The average molecular weight is 239 g/mol. The van der Waals surface area contributed by atoms with E-state index in [4.69, 9.17) is 11.6 Å². The number of halogens is 2. The van der Waals surface area contributed by atoms with Crippen molar-refractivity contribution in [2.45, 2.75) is 19.8 Å². The summed E-state index contributed by atoms with van der Waals surface area (Å²) in [5, 5.41) is 0.293. The second-order valence-corrected chi connectivity index (χ2v) is 4.28. The van der Waals surface area contributed by atoms with E-state index in [1.54, 1.807) is 18.2 Å². The van der Waals surface area contributed by atoms with Crippen LogP contribution in [0.15, 0.2) is 24.3 Å². The first kappa shape index (κ1) is 11.1. The maximum absolute atomic E-state index is 13.6. The molecule has 1 aromatic heterocycles. The molecule has 0 saturated heterocycles. The first-order valence-corrected chi connectivity index (χ1v) is 5.47. The van der Waals surface area contributed by atoms with Gasteiger partial charge in [-0.2, -0.15) is 0 Å². The standard InChI is InChI=1S/C12H12ClFN2/c1-7(2)10-11(16-12(13)15-10)8-5-3-4-6-9(8)14/h3-7H,1-2H3,(H,15,16). The molecule has 0 aliphatic heterocycles. The first-order valence-electron chi connectivity index (χ1n) is 5.10. The largest absolute Gasteiger partial charge is 0.332 e. The minimum atomic E-state index is -0.285. The molecule has 0 bridgehead atoms. The lowest BCUT2D eigenvalue weighted by Crippen LogP contribution is -1.93. The smallest absolute Gasteiger partial charge is 0.200 e. The van der Waals surface area contributed by atoms with Crippen molar-refractivity contribution >= 4 is 11.6 Å². The lowest BCUT2D eigenvalue weighted by Gasteiger charge is -2.06. The van der Waals surface area contributed by atoms with E-state index in [0.29, 0.717) is 16.5 Å². The van der Waals surface area contributed by atoms with Gasteiger partial charge in [-0.3, -0.25) is 0 Å². The Morgan fingerprint density at radius 3 is 2.62 bits per heavy atom. The number of hydrogen-bond acceptors (Lipinski definition) is 1. The normalized spacial score (nSPS) is 11.1. The second kappa shape index (κ2) is 4.26. The Labute approximate surface area is 98.5 Å². The van der Waals surface area contributed by atoms with Gasteiger partial charge in [-0.15, -0.1) is 0 Å². The van der Waals surface area contributed by atoms with Gasteiger partial charge in [-0.05, 0) is 29.7 Å². The van der Waals surface area contributed by atoms with Crippen molar-refractivity contribution in [3.63, 3.8) is 0 Å². The van der Waals surface area contributed by atoms with Crippen LogP contribution in [0.4, 0.5) is 4.39 Å². The maximum Gasteiger partial charge on any atom is 0.200 e. The lowest BCUT2D eigenvalue weighted by atomic mass is 10.0. The minimum Gasteiger partial charge on any atom is -0.332 e. The summed E-state index contributed by atoms with van der Waals surface area (Å²) in [6.07, 6.45) is 0. The SMILES string of the molecule is CC(C)c1[nH]c(Cl)nc1-c1ccccc1F. The number of rotatable bonds is 2. The number of H-pyrrole nitrogens is 1. The zero-order valence-electron chi connectivity index (χ0n) is 9.09. The molecular formula is C12H12ClFN2. The molecule has 4 heteroatoms. The Morgan fingerprint density at radius 1 is 1.31 bits per heavy atom. The number of aromatic nitrogens is 2. The highest BCUT2D eigenvalue weighted by Gasteiger charge is 2.16. The Balaban J connectivity index is 2.60. The predicted molar refractivity (Wildman–Crippen MR) is 63.1 cm³/mol. The summed E-state index contributed by atoms with van der Waals surface area (Å²) in [7, 11) is 0. The van der Waals surface area contributed by atoms with Crippen molar-refractivity contribution in [1.29, 1.82) is 0 Å². The molecule has 0 atom stereocenters. The highest BCUT2D eigenvalue weighted by Crippen LogP contribution is 2.29. The Kier molecular flexibility index (Phi) is 2.97. The van der Waals surface area contributed by atoms with E-state index in [9.17, 15) is 4.39 Å². The van der Waals surface area contributed by atoms with Crippen LogP contribution in [-0.4, -0.2) is 9.97 Å². The molecule has 0 spiro atoms. The van der Waals surface area contributed by atoms with Crippen LogP contribution in [0.25, 0.3) is 11.3 Å². The minimum absolute atomic E-state index is 0.217. The highest BCUT2D eigenvalue weighted by molar-refractivity contribution is 6.28. The number of nitrogens with zero attached hydrogens (tertiary/aromatic N) is 1. The number of imidazole rings is 1. The van der Waals surface area contributed by atoms with Gasteiger partial charge in [0, 0.05) is 11.3 Å². The van der Waals surface area contributed by atoms with Crippen molar-refractivity contribution in [1.82, 2.24) is 9.97 Å². The quantitative estimate of drug-likeness (QED) is 0.842. The van der Waals surface area contributed by atoms with Gasteiger partial charge in [0.15, 0.2) is 0 Å². The molecule has 2 rings (SSSR count). The Morgan fingerprint density at radius 2 is 2.00 bits per heavy atom. The maximum atomic E-state index is 13.6. The van der Waals surface area contributed by atoms with Crippen molar-refractivity contribution in [2.75, 3.05) is 0 Å². The monoisotopic (exact) mass is 238 g/mol. The van der Waals surface area contributed by atoms with Gasteiger partial charge in [-0.25, -0.2) is 9.37 Å². The molecule has 0 saturated carbocycles. The van der Waals surface area contributed by atoms with Gasteiger partial charge in [0.1, 0.15) is 5.82 Å². The third kappa shape index (κ3) is 1.95. The summed E-state index contributed by atoms with van der Waals surface area (Å²) in [6, 6.07) is 6.56. The molecule has 1 aromatic carbocycles. The number of nitrogens with one attached hydrogen (secondary N) is 1. The molecule has 84 valence electrons. The third-order valence-electron chi connectivity index (χ3n) is 2.41. The molecule has 0 aliphatic carbocycles. The molecule has 2 aromatic rings. The van der Waals surface area contributed by atoms with Gasteiger partial charge in [0.05, 0.1) is 5.69 Å². The molecule has 1 heterocycles. The molecule has 0 unspecified atom stereocenters. The summed E-state index contributed by atoms with van der Waals surface area (Å²) in [4.78, 5) is 7.09. The van der Waals surface area contributed by atoms with E-state index in [2.05, 4.69) is 9.97 Å². The van der Waals surface area contributed by atoms with E-state index in [-0.39, 0.29) is 11.7 Å². The number of aromatic amines is 1. The van der Waals surface area contributed by atoms with Gasteiger partial charge in [0.2, 0.25) is 5.28 Å². The average Bonchev–Trinajstić information content (AvgIpc) is 2.61. The van der Waals surface area contributed by atoms with Crippen LogP contribution in [0.3, 0.4) is 0 Å². The van der Waals surface area contributed by atoms with Crippen LogP contribution in [0, 0.1) is 5.82 Å². The summed E-state index contributed by atoms with van der Waals surface area (Å²) in [6.45, 7) is 4.02. The number of benzene rings is 1. The van der Waals surface area contributed by atoms with Crippen LogP contribution in [0.1, 0.15) is 25.5 Å². The van der Waals surface area contributed by atoms with E-state index >= 15 is 0 Å². The summed E-state index contributed by atoms with van der Waals surface area (Å²) >= 11 is 5.82. The molecule has 0 aliphatic rings. The van der Waals surface area contributed by atoms with Crippen LogP contribution in [0.2, 0.25) is 5.28 Å². The predicted octanol–water partition coefficient (Wildman–Crippen LogP) is 3.99. The molecule has 1 N–H and O–H groups in total. The topological polar surface area (TPSA) is 28.7 Å². The summed E-state index contributed by atoms with van der Waals surface area (Å²) in [5.74, 6) is -0.0674. The van der Waals surface area contributed by atoms with Crippen LogP contribution < -0.4 is 0 Å². The van der Waals surface area contributed by atoms with Gasteiger partial charge in [0.25, 0.3) is 0 Å². The summed E-state index contributed by atoms with van der Waals surface area (Å²) in [5.41, 5.74) is 1.93. The number of hydrogen-bond donors (Lipinski definition) is 1. The van der Waals surface area contributed by atoms with Crippen molar-refractivity contribution in [3.05, 3.63) is 41.1 Å². The molecule has 2 nitrogen and oxygen atoms in total. The fourth-order valence-electron chi connectivity index (χ4n) is 1.63. The molecule has 0 amide bonds. The highest BCUT2D eigenvalue weighted by atomic mass is 35.5. The fourth-order valence-corrected chi connectivity index (χ4v) is 1.82. The van der Waals surface area contributed by atoms with Crippen molar-refractivity contribution in [3.8, 4) is 11.3 Å². The van der Waals surface area contributed by atoms with Crippen molar-refractivity contribution < 1.29 is 4.39 Å². The molecule has 0 radical (unpaired) electrons. The zero-order chi connectivity index (χ0) is 11.7. The zero-order valence-corrected chi connectivity index (χ0v) is 9.85. The Hall–Kier alpha value is -1.35. The fraction of sp³-hybridized carbons (Fsp3) is 0.250. The van der Waals surface area contributed by atoms with Gasteiger partial charge in [-0.1, -0.05) is 26.0 Å². The summed E-state index contributed by atoms with van der Waals surface area (Å²) < 4.78 is 13.6. The van der Waals surface area contributed by atoms with Crippen LogP contribution in [0.5, 0.6) is 0 Å². The van der Waals surface area contributed by atoms with Crippen LogP contribution >= 0.6 is 11.6 Å². The van der Waals surface area contributed by atoms with E-state index in [0.717, 1.165) is 5.69 Å².